The molecule has 0 aromatic heterocycles. The van der Waals surface area contributed by atoms with Crippen LogP contribution >= 0.6 is 0 Å². The Morgan fingerprint density at radius 1 is 1.24 bits per heavy atom. The Morgan fingerprint density at radius 2 is 2.10 bits per heavy atom. The molecule has 114 valence electrons. The molecular weight excluding hydrogens is 264 g/mol. The lowest BCUT2D eigenvalue weighted by atomic mass is 10.0. The number of benzene rings is 1. The van der Waals surface area contributed by atoms with Crippen molar-refractivity contribution in [3.63, 3.8) is 0 Å². The third kappa shape index (κ3) is 3.11. The van der Waals surface area contributed by atoms with Gasteiger partial charge in [0.15, 0.2) is 0 Å². The highest BCUT2D eigenvalue weighted by atomic mass is 16.5. The number of carbonyl (C=O) groups is 1. The van der Waals surface area contributed by atoms with E-state index >= 15 is 0 Å². The normalized spacial score (nSPS) is 26.0. The molecule has 2 heterocycles. The van der Waals surface area contributed by atoms with E-state index < -0.39 is 0 Å². The Labute approximate surface area is 126 Å². The monoisotopic (exact) mass is 288 g/mol. The zero-order valence-electron chi connectivity index (χ0n) is 12.5. The minimum Gasteiger partial charge on any atom is -0.364 e. The lowest BCUT2D eigenvalue weighted by Gasteiger charge is -2.29. The van der Waals surface area contributed by atoms with Gasteiger partial charge in [-0.2, -0.15) is 0 Å². The molecular formula is C17H24N2O2. The Hall–Kier alpha value is -1.39. The predicted octanol–water partition coefficient (Wildman–Crippen LogP) is 2.25. The first-order chi connectivity index (χ1) is 10.3. The van der Waals surface area contributed by atoms with E-state index in [4.69, 9.17) is 10.5 Å². The molecule has 2 aliphatic rings. The minimum atomic E-state index is -0.314. The van der Waals surface area contributed by atoms with E-state index in [2.05, 4.69) is 18.2 Å². The summed E-state index contributed by atoms with van der Waals surface area (Å²) in [5.74, 6) is 0.111. The number of nitrogens with two attached hydrogens (primary N) is 1. The van der Waals surface area contributed by atoms with E-state index in [1.165, 1.54) is 18.4 Å². The fourth-order valence-corrected chi connectivity index (χ4v) is 3.33. The maximum atomic E-state index is 12.8. The lowest BCUT2D eigenvalue weighted by molar-refractivity contribution is -0.129. The van der Waals surface area contributed by atoms with Crippen molar-refractivity contribution in [2.24, 2.45) is 5.73 Å². The molecule has 1 saturated heterocycles. The highest BCUT2D eigenvalue weighted by Gasteiger charge is 2.34. The highest BCUT2D eigenvalue weighted by molar-refractivity contribution is 5.97. The number of rotatable bonds is 2. The lowest BCUT2D eigenvalue weighted by Crippen LogP contribution is -2.41. The van der Waals surface area contributed by atoms with Crippen LogP contribution in [-0.2, 0) is 16.0 Å². The number of fused-ring (bicyclic) bond motifs is 1. The summed E-state index contributed by atoms with van der Waals surface area (Å²) >= 11 is 0. The first-order valence-electron chi connectivity index (χ1n) is 8.04. The van der Waals surface area contributed by atoms with Gasteiger partial charge in [-0.15, -0.1) is 0 Å². The number of carbonyl (C=O) groups excluding carboxylic acids is 1. The molecule has 0 spiro atoms. The second-order valence-corrected chi connectivity index (χ2v) is 5.99. The number of aryl methyl sites for hydroxylation is 1. The van der Waals surface area contributed by atoms with Crippen molar-refractivity contribution in [2.45, 2.75) is 50.7 Å². The molecule has 0 bridgehead atoms. The smallest absolute Gasteiger partial charge is 0.256 e. The van der Waals surface area contributed by atoms with Crippen LogP contribution in [0, 0.1) is 0 Å². The van der Waals surface area contributed by atoms with Crippen LogP contribution in [0.3, 0.4) is 0 Å². The van der Waals surface area contributed by atoms with Crippen LogP contribution in [0.5, 0.6) is 0 Å². The van der Waals surface area contributed by atoms with Gasteiger partial charge < -0.3 is 15.4 Å². The van der Waals surface area contributed by atoms with Crippen molar-refractivity contribution >= 4 is 11.6 Å². The molecule has 0 unspecified atom stereocenters. The van der Waals surface area contributed by atoms with E-state index in [-0.39, 0.29) is 18.1 Å². The third-order valence-electron chi connectivity index (χ3n) is 4.52. The van der Waals surface area contributed by atoms with E-state index in [1.54, 1.807) is 0 Å². The van der Waals surface area contributed by atoms with Crippen LogP contribution in [0.15, 0.2) is 24.3 Å². The van der Waals surface area contributed by atoms with E-state index in [0.29, 0.717) is 6.54 Å². The summed E-state index contributed by atoms with van der Waals surface area (Å²) in [7, 11) is 0. The van der Waals surface area contributed by atoms with Gasteiger partial charge in [0.2, 0.25) is 0 Å². The number of ether oxygens (including phenoxy) is 1. The summed E-state index contributed by atoms with van der Waals surface area (Å²) < 4.78 is 5.80. The van der Waals surface area contributed by atoms with Gasteiger partial charge in [0, 0.05) is 18.8 Å². The van der Waals surface area contributed by atoms with Crippen LogP contribution in [0.4, 0.5) is 5.69 Å². The molecule has 21 heavy (non-hydrogen) atoms. The largest absolute Gasteiger partial charge is 0.364 e. The van der Waals surface area contributed by atoms with Gasteiger partial charge in [-0.1, -0.05) is 24.6 Å². The van der Waals surface area contributed by atoms with Crippen molar-refractivity contribution < 1.29 is 9.53 Å². The summed E-state index contributed by atoms with van der Waals surface area (Å²) in [6, 6.07) is 8.27. The fraction of sp³-hybridized carbons (Fsp3) is 0.588. The van der Waals surface area contributed by atoms with Crippen molar-refractivity contribution in [2.75, 3.05) is 18.0 Å². The quantitative estimate of drug-likeness (QED) is 0.908. The summed E-state index contributed by atoms with van der Waals surface area (Å²) in [5.41, 5.74) is 8.00. The van der Waals surface area contributed by atoms with Gasteiger partial charge in [0.1, 0.15) is 6.10 Å². The number of para-hydroxylation sites is 1. The Balaban J connectivity index is 1.82. The van der Waals surface area contributed by atoms with Crippen LogP contribution in [-0.4, -0.2) is 31.2 Å². The van der Waals surface area contributed by atoms with Gasteiger partial charge in [-0.25, -0.2) is 0 Å². The Morgan fingerprint density at radius 3 is 2.90 bits per heavy atom. The summed E-state index contributed by atoms with van der Waals surface area (Å²) in [6.45, 7) is 1.30. The maximum absolute atomic E-state index is 12.8. The second-order valence-electron chi connectivity index (χ2n) is 5.99. The third-order valence-corrected chi connectivity index (χ3v) is 4.52. The number of nitrogens with zero attached hydrogens (tertiary/aromatic N) is 1. The van der Waals surface area contributed by atoms with Gasteiger partial charge in [-0.3, -0.25) is 4.79 Å². The molecule has 1 fully saturated rings. The van der Waals surface area contributed by atoms with Gasteiger partial charge in [0.05, 0.1) is 6.10 Å². The molecule has 4 heteroatoms. The maximum Gasteiger partial charge on any atom is 0.256 e. The molecule has 3 rings (SSSR count). The van der Waals surface area contributed by atoms with Crippen molar-refractivity contribution in [3.05, 3.63) is 29.8 Å². The van der Waals surface area contributed by atoms with Crippen LogP contribution in [0.25, 0.3) is 0 Å². The average Bonchev–Trinajstić information content (AvgIpc) is 2.97. The Kier molecular flexibility index (Phi) is 4.56. The number of anilines is 1. The molecule has 0 aliphatic carbocycles. The van der Waals surface area contributed by atoms with Crippen LogP contribution in [0.2, 0.25) is 0 Å². The SMILES string of the molecule is NC[C@H]1CC[C@@H](C(=O)N2CCCCCc3ccccc32)O1. The molecule has 2 aliphatic heterocycles. The first-order valence-corrected chi connectivity index (χ1v) is 8.04. The fourth-order valence-electron chi connectivity index (χ4n) is 3.33. The van der Waals surface area contributed by atoms with E-state index in [9.17, 15) is 4.79 Å². The Bertz CT molecular complexity index is 503. The highest BCUT2D eigenvalue weighted by Crippen LogP contribution is 2.29. The van der Waals surface area contributed by atoms with Crippen molar-refractivity contribution in [1.82, 2.24) is 0 Å². The first kappa shape index (κ1) is 14.5. The number of hydrogen-bond donors (Lipinski definition) is 1. The predicted molar refractivity (Wildman–Crippen MR) is 83.3 cm³/mol. The second kappa shape index (κ2) is 6.58. The van der Waals surface area contributed by atoms with E-state index in [1.807, 2.05) is 11.0 Å². The molecule has 1 aromatic rings. The molecule has 0 saturated carbocycles. The molecule has 2 atom stereocenters. The van der Waals surface area contributed by atoms with Crippen molar-refractivity contribution in [1.29, 1.82) is 0 Å². The molecule has 4 nitrogen and oxygen atoms in total. The van der Waals surface area contributed by atoms with Crippen LogP contribution < -0.4 is 10.6 Å². The summed E-state index contributed by atoms with van der Waals surface area (Å²) in [5, 5.41) is 0. The van der Waals surface area contributed by atoms with Gasteiger partial charge in [0.25, 0.3) is 5.91 Å². The number of hydrogen-bond acceptors (Lipinski definition) is 3. The van der Waals surface area contributed by atoms with Gasteiger partial charge >= 0.3 is 0 Å². The minimum absolute atomic E-state index is 0.0453. The molecule has 1 aromatic carbocycles. The topological polar surface area (TPSA) is 55.6 Å². The zero-order valence-corrected chi connectivity index (χ0v) is 12.5. The molecule has 2 N–H and O–H groups in total. The zero-order chi connectivity index (χ0) is 14.7. The molecule has 0 radical (unpaired) electrons. The summed E-state index contributed by atoms with van der Waals surface area (Å²) in [4.78, 5) is 14.8. The standard InChI is InChI=1S/C17H24N2O2/c18-12-14-9-10-16(21-14)17(20)19-11-5-1-2-6-13-7-3-4-8-15(13)19/h3-4,7-8,14,16H,1-2,5-6,9-12,18H2/t14-,16+/m1/s1. The van der Waals surface area contributed by atoms with E-state index in [0.717, 1.165) is 37.9 Å². The van der Waals surface area contributed by atoms with Crippen LogP contribution in [0.1, 0.15) is 37.7 Å². The number of amides is 1. The average molecular weight is 288 g/mol. The summed E-state index contributed by atoms with van der Waals surface area (Å²) in [6.07, 6.45) is 5.91. The van der Waals surface area contributed by atoms with Crippen molar-refractivity contribution in [3.8, 4) is 0 Å². The molecule has 1 amide bonds. The van der Waals surface area contributed by atoms with Gasteiger partial charge in [-0.05, 0) is 43.7 Å².